The lowest BCUT2D eigenvalue weighted by molar-refractivity contribution is 0.319. The Balaban J connectivity index is 0.000000204. The molecule has 1 aliphatic rings. The number of H-pyrrole nitrogens is 1. The summed E-state index contributed by atoms with van der Waals surface area (Å²) >= 11 is 0. The van der Waals surface area contributed by atoms with Gasteiger partial charge in [-0.25, -0.2) is 5.10 Å². The van der Waals surface area contributed by atoms with Crippen LogP contribution in [0.15, 0.2) is 51.6 Å². The zero-order valence-electron chi connectivity index (χ0n) is 10.2. The van der Waals surface area contributed by atoms with Gasteiger partial charge < -0.3 is 10.9 Å². The zero-order valence-corrected chi connectivity index (χ0v) is 10.2. The van der Waals surface area contributed by atoms with E-state index in [2.05, 4.69) is 32.5 Å². The van der Waals surface area contributed by atoms with Gasteiger partial charge in [-0.05, 0) is 18.2 Å². The number of nitrogens with zero attached hydrogens (tertiary/aromatic N) is 4. The largest absolute Gasteiger partial charge is 0.409 e. The summed E-state index contributed by atoms with van der Waals surface area (Å²) in [6, 6.07) is 4.39. The number of amidine groups is 1. The summed E-state index contributed by atoms with van der Waals surface area (Å²) in [7, 11) is 0. The lowest BCUT2D eigenvalue weighted by Crippen LogP contribution is -2.26. The van der Waals surface area contributed by atoms with Gasteiger partial charge in [-0.2, -0.15) is 15.5 Å². The number of nitrogens with one attached hydrogen (secondary N) is 2. The molecule has 0 atom stereocenters. The quantitative estimate of drug-likeness (QED) is 0.232. The molecule has 0 aromatic carbocycles. The number of aromatic amines is 1. The van der Waals surface area contributed by atoms with Gasteiger partial charge in [0.15, 0.2) is 11.5 Å². The van der Waals surface area contributed by atoms with E-state index in [0.717, 1.165) is 0 Å². The average molecular weight is 273 g/mol. The maximum Gasteiger partial charge on any atom is 0.264 e. The van der Waals surface area contributed by atoms with Crippen molar-refractivity contribution in [2.75, 3.05) is 0 Å². The van der Waals surface area contributed by atoms with Crippen molar-refractivity contribution in [3.63, 3.8) is 0 Å². The van der Waals surface area contributed by atoms with Gasteiger partial charge in [0.1, 0.15) is 11.8 Å². The van der Waals surface area contributed by atoms with Crippen LogP contribution in [0.4, 0.5) is 0 Å². The molecule has 2 heterocycles. The molecule has 0 fully saturated rings. The Morgan fingerprint density at radius 1 is 1.50 bits per heavy atom. The highest BCUT2D eigenvalue weighted by Gasteiger charge is 2.04. The van der Waals surface area contributed by atoms with E-state index in [4.69, 9.17) is 16.2 Å². The van der Waals surface area contributed by atoms with E-state index in [9.17, 15) is 4.79 Å². The van der Waals surface area contributed by atoms with Gasteiger partial charge in [0, 0.05) is 11.8 Å². The van der Waals surface area contributed by atoms with Crippen LogP contribution in [-0.2, 0) is 0 Å². The summed E-state index contributed by atoms with van der Waals surface area (Å²) in [5.74, 6) is -0.0266. The van der Waals surface area contributed by atoms with E-state index < -0.39 is 0 Å². The number of hydrogen-bond donors (Lipinski definition) is 4. The van der Waals surface area contributed by atoms with E-state index >= 15 is 0 Å². The monoisotopic (exact) mass is 273 g/mol. The molecule has 0 amide bonds. The molecule has 0 saturated carbocycles. The Morgan fingerprint density at radius 3 is 2.70 bits per heavy atom. The number of allylic oxidation sites excluding steroid dienone is 1. The van der Waals surface area contributed by atoms with Crippen LogP contribution in [0.1, 0.15) is 5.69 Å². The summed E-state index contributed by atoms with van der Waals surface area (Å²) in [4.78, 5) is 10.3. The molecular weight excluding hydrogens is 262 g/mol. The molecule has 20 heavy (non-hydrogen) atoms. The highest BCUT2D eigenvalue weighted by Crippen LogP contribution is 1.95. The highest BCUT2D eigenvalue weighted by molar-refractivity contribution is 6.45. The molecule has 1 aromatic rings. The predicted octanol–water partition coefficient (Wildman–Crippen LogP) is -0.597. The summed E-state index contributed by atoms with van der Waals surface area (Å²) in [6.07, 6.45) is 3.29. The molecule has 9 heteroatoms. The van der Waals surface area contributed by atoms with Gasteiger partial charge in [0.2, 0.25) is 0 Å². The normalized spacial score (nSPS) is 13.4. The fraction of sp³-hybridized carbons (Fsp3) is 0. The lowest BCUT2D eigenvalue weighted by Gasteiger charge is -2.06. The Hall–Kier alpha value is -3.41. The number of hydrogen-bond acceptors (Lipinski definition) is 7. The number of nitrogens with two attached hydrogens (primary N) is 1. The second-order valence-electron chi connectivity index (χ2n) is 3.37. The van der Waals surface area contributed by atoms with Gasteiger partial charge in [0.05, 0.1) is 0 Å². The Bertz CT molecular complexity index is 658. The van der Waals surface area contributed by atoms with Gasteiger partial charge in [0.25, 0.3) is 5.56 Å². The predicted molar refractivity (Wildman–Crippen MR) is 71.8 cm³/mol. The molecule has 0 bridgehead atoms. The summed E-state index contributed by atoms with van der Waals surface area (Å²) in [5.41, 5.74) is 8.80. The third-order valence-corrected chi connectivity index (χ3v) is 1.93. The maximum absolute atomic E-state index is 10.3. The molecule has 0 unspecified atom stereocenters. The zero-order chi connectivity index (χ0) is 15.0. The first kappa shape index (κ1) is 14.7. The van der Waals surface area contributed by atoms with Crippen molar-refractivity contribution in [3.8, 4) is 6.07 Å². The number of rotatable bonds is 1. The minimum atomic E-state index is -0.297. The standard InChI is InChI=1S/C6H8N4O.C5H3N3O/c1-4-2-3-5(9-8-4)6(7)10-11;6-3-4-1-2-5(9)8-7-4/h2-3,8,11H,1H2,(H2,7,10);1-2H,(H,8,9). The van der Waals surface area contributed by atoms with Crippen LogP contribution in [0, 0.1) is 11.3 Å². The average Bonchev–Trinajstić information content (AvgIpc) is 2.49. The molecule has 2 rings (SSSR count). The second kappa shape index (κ2) is 7.12. The SMILES string of the molecule is C=C1C=CC(/C(N)=N/O)=NN1.N#Cc1ccc(=O)[nH]n1. The summed E-state index contributed by atoms with van der Waals surface area (Å²) in [5, 5.41) is 28.5. The van der Waals surface area contributed by atoms with Gasteiger partial charge >= 0.3 is 0 Å². The highest BCUT2D eigenvalue weighted by atomic mass is 16.4. The minimum absolute atomic E-state index is 0.0266. The molecule has 0 aliphatic carbocycles. The summed E-state index contributed by atoms with van der Waals surface area (Å²) in [6.45, 7) is 3.59. The number of hydrazone groups is 1. The third-order valence-electron chi connectivity index (χ3n) is 1.93. The van der Waals surface area contributed by atoms with Crippen LogP contribution in [0.3, 0.4) is 0 Å². The summed E-state index contributed by atoms with van der Waals surface area (Å²) < 4.78 is 0. The van der Waals surface area contributed by atoms with Crippen molar-refractivity contribution >= 4 is 11.5 Å². The molecule has 0 saturated heterocycles. The van der Waals surface area contributed by atoms with Gasteiger partial charge in [-0.1, -0.05) is 11.7 Å². The third kappa shape index (κ3) is 4.46. The van der Waals surface area contributed by atoms with Crippen LogP contribution in [0.2, 0.25) is 0 Å². The lowest BCUT2D eigenvalue weighted by atomic mass is 10.2. The van der Waals surface area contributed by atoms with Crippen molar-refractivity contribution in [3.05, 3.63) is 52.6 Å². The van der Waals surface area contributed by atoms with Gasteiger partial charge in [-0.15, -0.1) is 0 Å². The first-order chi connectivity index (χ1) is 9.56. The van der Waals surface area contributed by atoms with Crippen LogP contribution >= 0.6 is 0 Å². The molecular formula is C11H11N7O2. The molecule has 1 aromatic heterocycles. The Labute approximate surface area is 113 Å². The van der Waals surface area contributed by atoms with Crippen molar-refractivity contribution < 1.29 is 5.21 Å². The molecule has 0 radical (unpaired) electrons. The number of oxime groups is 1. The maximum atomic E-state index is 10.3. The van der Waals surface area contributed by atoms with E-state index in [0.29, 0.717) is 11.4 Å². The molecule has 5 N–H and O–H groups in total. The fourth-order valence-electron chi connectivity index (χ4n) is 0.987. The Morgan fingerprint density at radius 2 is 2.25 bits per heavy atom. The first-order valence-electron chi connectivity index (χ1n) is 5.21. The minimum Gasteiger partial charge on any atom is -0.409 e. The van der Waals surface area contributed by atoms with Gasteiger partial charge in [-0.3, -0.25) is 10.2 Å². The van der Waals surface area contributed by atoms with E-state index in [1.807, 2.05) is 0 Å². The number of nitriles is 1. The van der Waals surface area contributed by atoms with E-state index in [1.165, 1.54) is 12.1 Å². The van der Waals surface area contributed by atoms with Crippen LogP contribution in [0.25, 0.3) is 0 Å². The molecule has 9 nitrogen and oxygen atoms in total. The van der Waals surface area contributed by atoms with Crippen molar-refractivity contribution in [1.82, 2.24) is 15.6 Å². The number of aromatic nitrogens is 2. The van der Waals surface area contributed by atoms with Crippen molar-refractivity contribution in [1.29, 1.82) is 5.26 Å². The molecule has 1 aliphatic heterocycles. The van der Waals surface area contributed by atoms with E-state index in [-0.39, 0.29) is 17.1 Å². The molecule has 102 valence electrons. The topological polar surface area (TPSA) is 153 Å². The van der Waals surface area contributed by atoms with Crippen LogP contribution < -0.4 is 16.7 Å². The van der Waals surface area contributed by atoms with Crippen LogP contribution in [0.5, 0.6) is 0 Å². The smallest absolute Gasteiger partial charge is 0.264 e. The van der Waals surface area contributed by atoms with E-state index in [1.54, 1.807) is 18.2 Å². The first-order valence-corrected chi connectivity index (χ1v) is 5.21. The van der Waals surface area contributed by atoms with Crippen LogP contribution in [-0.4, -0.2) is 27.0 Å². The Kier molecular flexibility index (Phi) is 5.22. The van der Waals surface area contributed by atoms with Crippen molar-refractivity contribution in [2.45, 2.75) is 0 Å². The fourth-order valence-corrected chi connectivity index (χ4v) is 0.987. The van der Waals surface area contributed by atoms with Crippen molar-refractivity contribution in [2.24, 2.45) is 16.0 Å². The second-order valence-corrected chi connectivity index (χ2v) is 3.37. The molecule has 0 spiro atoms.